The first-order valence-electron chi connectivity index (χ1n) is 7.74. The smallest absolute Gasteiger partial charge is 0.124 e. The second kappa shape index (κ2) is 9.77. The zero-order chi connectivity index (χ0) is 15.7. The van der Waals surface area contributed by atoms with E-state index in [0.717, 1.165) is 24.2 Å². The monoisotopic (exact) mass is 295 g/mol. The molecule has 2 N–H and O–H groups in total. The molecule has 0 aliphatic heterocycles. The Balaban J connectivity index is 2.50. The Morgan fingerprint density at radius 3 is 2.71 bits per heavy atom. The Morgan fingerprint density at radius 2 is 2.05 bits per heavy atom. The van der Waals surface area contributed by atoms with Crippen molar-refractivity contribution < 1.29 is 14.6 Å². The molecule has 2 unspecified atom stereocenters. The topological polar surface area (TPSA) is 50.7 Å². The maximum atomic E-state index is 9.89. The van der Waals surface area contributed by atoms with Crippen LogP contribution in [-0.2, 0) is 4.74 Å². The van der Waals surface area contributed by atoms with Crippen LogP contribution in [0.15, 0.2) is 18.2 Å². The summed E-state index contributed by atoms with van der Waals surface area (Å²) in [5.41, 5.74) is 2.31. The second-order valence-corrected chi connectivity index (χ2v) is 5.44. The van der Waals surface area contributed by atoms with E-state index in [9.17, 15) is 5.11 Å². The van der Waals surface area contributed by atoms with Crippen molar-refractivity contribution in [1.82, 2.24) is 5.32 Å². The van der Waals surface area contributed by atoms with Crippen molar-refractivity contribution in [2.75, 3.05) is 26.9 Å². The number of aliphatic hydroxyl groups is 1. The third kappa shape index (κ3) is 6.46. The molecule has 0 saturated carbocycles. The van der Waals surface area contributed by atoms with E-state index >= 15 is 0 Å². The largest absolute Gasteiger partial charge is 0.490 e. The number of unbranched alkanes of at least 4 members (excludes halogenated alkanes) is 1. The zero-order valence-electron chi connectivity index (χ0n) is 13.7. The zero-order valence-corrected chi connectivity index (χ0v) is 13.7. The van der Waals surface area contributed by atoms with Gasteiger partial charge in [0.1, 0.15) is 18.5 Å². The first-order chi connectivity index (χ1) is 10.1. The Kier molecular flexibility index (Phi) is 8.35. The number of aryl methyl sites for hydroxylation is 1. The van der Waals surface area contributed by atoms with Gasteiger partial charge in [-0.2, -0.15) is 0 Å². The van der Waals surface area contributed by atoms with Gasteiger partial charge in [-0.05, 0) is 33.4 Å². The van der Waals surface area contributed by atoms with Gasteiger partial charge in [-0.1, -0.05) is 31.0 Å². The maximum absolute atomic E-state index is 9.89. The summed E-state index contributed by atoms with van der Waals surface area (Å²) in [7, 11) is 1.92. The summed E-state index contributed by atoms with van der Waals surface area (Å²) in [6.07, 6.45) is 1.53. The van der Waals surface area contributed by atoms with Crippen LogP contribution in [-0.4, -0.2) is 38.1 Å². The maximum Gasteiger partial charge on any atom is 0.124 e. The number of rotatable bonds is 10. The van der Waals surface area contributed by atoms with Crippen molar-refractivity contribution in [1.29, 1.82) is 0 Å². The first-order valence-corrected chi connectivity index (χ1v) is 7.74. The van der Waals surface area contributed by atoms with Crippen LogP contribution in [0.1, 0.15) is 43.9 Å². The minimum absolute atomic E-state index is 0.206. The van der Waals surface area contributed by atoms with Crippen molar-refractivity contribution in [2.24, 2.45) is 0 Å². The number of aliphatic hydroxyl groups excluding tert-OH is 1. The molecule has 0 aliphatic rings. The van der Waals surface area contributed by atoms with Crippen LogP contribution in [0.5, 0.6) is 5.75 Å². The lowest BCUT2D eigenvalue weighted by Gasteiger charge is -2.19. The normalized spacial score (nSPS) is 14.0. The van der Waals surface area contributed by atoms with Crippen molar-refractivity contribution >= 4 is 0 Å². The first kappa shape index (κ1) is 18.0. The number of hydrogen-bond acceptors (Lipinski definition) is 4. The molecule has 1 rings (SSSR count). The summed E-state index contributed by atoms with van der Waals surface area (Å²) in [6.45, 7) is 7.53. The molecule has 0 aliphatic carbocycles. The fourth-order valence-electron chi connectivity index (χ4n) is 1.99. The quantitative estimate of drug-likeness (QED) is 0.652. The van der Waals surface area contributed by atoms with E-state index in [0.29, 0.717) is 13.2 Å². The molecule has 1 aromatic carbocycles. The average Bonchev–Trinajstić information content (AvgIpc) is 2.49. The Hall–Kier alpha value is -1.10. The predicted molar refractivity (Wildman–Crippen MR) is 85.9 cm³/mol. The van der Waals surface area contributed by atoms with Gasteiger partial charge in [-0.3, -0.25) is 0 Å². The van der Waals surface area contributed by atoms with E-state index in [-0.39, 0.29) is 12.6 Å². The van der Waals surface area contributed by atoms with Gasteiger partial charge < -0.3 is 19.9 Å². The summed E-state index contributed by atoms with van der Waals surface area (Å²) in [6, 6.07) is 6.30. The molecule has 0 amide bonds. The highest BCUT2D eigenvalue weighted by Crippen LogP contribution is 2.26. The summed E-state index contributed by atoms with van der Waals surface area (Å²) >= 11 is 0. The molecule has 0 bridgehead atoms. The third-order valence-corrected chi connectivity index (χ3v) is 3.45. The molecule has 2 atom stereocenters. The molecular weight excluding hydrogens is 266 g/mol. The minimum atomic E-state index is -0.596. The molecule has 0 heterocycles. The Labute approximate surface area is 128 Å². The highest BCUT2D eigenvalue weighted by molar-refractivity contribution is 5.38. The van der Waals surface area contributed by atoms with Crippen LogP contribution in [0.25, 0.3) is 0 Å². The summed E-state index contributed by atoms with van der Waals surface area (Å²) in [5.74, 6) is 0.815. The highest BCUT2D eigenvalue weighted by atomic mass is 16.5. The standard InChI is InChI=1S/C17H29NO3/c1-5-6-9-20-11-15(19)12-21-17-8-7-13(2)10-16(17)14(3)18-4/h7-8,10,14-15,18-19H,5-6,9,11-12H2,1-4H3. The lowest BCUT2D eigenvalue weighted by atomic mass is 10.0. The Morgan fingerprint density at radius 1 is 1.29 bits per heavy atom. The van der Waals surface area contributed by atoms with Crippen molar-refractivity contribution in [3.63, 3.8) is 0 Å². The minimum Gasteiger partial charge on any atom is -0.490 e. The lowest BCUT2D eigenvalue weighted by molar-refractivity contribution is 0.0110. The molecule has 1 aromatic rings. The summed E-state index contributed by atoms with van der Waals surface area (Å²) < 4.78 is 11.2. The number of benzene rings is 1. The van der Waals surface area contributed by atoms with Gasteiger partial charge in [0.2, 0.25) is 0 Å². The van der Waals surface area contributed by atoms with Gasteiger partial charge in [-0.15, -0.1) is 0 Å². The molecule has 0 radical (unpaired) electrons. The van der Waals surface area contributed by atoms with E-state index in [4.69, 9.17) is 9.47 Å². The van der Waals surface area contributed by atoms with Gasteiger partial charge in [-0.25, -0.2) is 0 Å². The van der Waals surface area contributed by atoms with Gasteiger partial charge in [0, 0.05) is 18.2 Å². The van der Waals surface area contributed by atoms with Crippen LogP contribution < -0.4 is 10.1 Å². The summed E-state index contributed by atoms with van der Waals surface area (Å²) in [5, 5.41) is 13.1. The average molecular weight is 295 g/mol. The molecule has 120 valence electrons. The van der Waals surface area contributed by atoms with Crippen LogP contribution in [0.2, 0.25) is 0 Å². The molecule has 0 fully saturated rings. The van der Waals surface area contributed by atoms with E-state index in [1.54, 1.807) is 0 Å². The van der Waals surface area contributed by atoms with Crippen molar-refractivity contribution in [3.05, 3.63) is 29.3 Å². The Bertz CT molecular complexity index is 409. The molecule has 0 spiro atoms. The highest BCUT2D eigenvalue weighted by Gasteiger charge is 2.12. The van der Waals surface area contributed by atoms with E-state index < -0.39 is 6.10 Å². The number of nitrogens with one attached hydrogen (secondary N) is 1. The van der Waals surface area contributed by atoms with Gasteiger partial charge in [0.15, 0.2) is 0 Å². The lowest BCUT2D eigenvalue weighted by Crippen LogP contribution is -2.24. The van der Waals surface area contributed by atoms with Crippen LogP contribution in [0, 0.1) is 6.92 Å². The summed E-state index contributed by atoms with van der Waals surface area (Å²) in [4.78, 5) is 0. The van der Waals surface area contributed by atoms with E-state index in [2.05, 4.69) is 32.2 Å². The van der Waals surface area contributed by atoms with Gasteiger partial charge in [0.05, 0.1) is 6.61 Å². The van der Waals surface area contributed by atoms with Crippen molar-refractivity contribution in [2.45, 2.75) is 45.8 Å². The predicted octanol–water partition coefficient (Wildman–Crippen LogP) is 2.83. The molecule has 21 heavy (non-hydrogen) atoms. The fraction of sp³-hybridized carbons (Fsp3) is 0.647. The second-order valence-electron chi connectivity index (χ2n) is 5.44. The number of ether oxygens (including phenoxy) is 2. The molecule has 0 saturated heterocycles. The van der Waals surface area contributed by atoms with E-state index in [1.165, 1.54) is 5.56 Å². The molecular formula is C17H29NO3. The molecule has 4 heteroatoms. The molecule has 4 nitrogen and oxygen atoms in total. The van der Waals surface area contributed by atoms with Crippen LogP contribution in [0.3, 0.4) is 0 Å². The number of hydrogen-bond donors (Lipinski definition) is 2. The fourth-order valence-corrected chi connectivity index (χ4v) is 1.99. The van der Waals surface area contributed by atoms with Crippen LogP contribution in [0.4, 0.5) is 0 Å². The SMILES string of the molecule is CCCCOCC(O)COc1ccc(C)cc1C(C)NC. The van der Waals surface area contributed by atoms with E-state index in [1.807, 2.05) is 19.2 Å². The van der Waals surface area contributed by atoms with Gasteiger partial charge >= 0.3 is 0 Å². The van der Waals surface area contributed by atoms with Crippen LogP contribution >= 0.6 is 0 Å². The van der Waals surface area contributed by atoms with Gasteiger partial charge in [0.25, 0.3) is 0 Å². The van der Waals surface area contributed by atoms with Crippen molar-refractivity contribution in [3.8, 4) is 5.75 Å². The molecule has 0 aromatic heterocycles. The third-order valence-electron chi connectivity index (χ3n) is 3.45.